The van der Waals surface area contributed by atoms with Gasteiger partial charge in [-0.1, -0.05) is 13.8 Å². The molecule has 2 saturated heterocycles. The number of carbonyl (C=O) groups excluding carboxylic acids is 2. The molecule has 2 aliphatic rings. The summed E-state index contributed by atoms with van der Waals surface area (Å²) in [6, 6.07) is -0.289. The Morgan fingerprint density at radius 3 is 2.74 bits per heavy atom. The van der Waals surface area contributed by atoms with Crippen LogP contribution in [-0.2, 0) is 9.59 Å². The first-order valence-corrected chi connectivity index (χ1v) is 8.12. The van der Waals surface area contributed by atoms with Crippen LogP contribution < -0.4 is 5.32 Å². The van der Waals surface area contributed by atoms with Crippen LogP contribution >= 0.6 is 11.8 Å². The zero-order chi connectivity index (χ0) is 14.3. The van der Waals surface area contributed by atoms with Crippen LogP contribution in [0, 0.1) is 0 Å². The number of hydrogen-bond donors (Lipinski definition) is 1. The lowest BCUT2D eigenvalue weighted by molar-refractivity contribution is -0.138. The fourth-order valence-electron chi connectivity index (χ4n) is 2.82. The molecule has 2 rings (SSSR count). The molecule has 0 bridgehead atoms. The van der Waals surface area contributed by atoms with Crippen molar-refractivity contribution in [1.29, 1.82) is 0 Å². The summed E-state index contributed by atoms with van der Waals surface area (Å²) in [6.45, 7) is 8.31. The summed E-state index contributed by atoms with van der Waals surface area (Å²) in [5, 5.41) is 3.14. The Morgan fingerprint density at radius 2 is 2.16 bits per heavy atom. The fraction of sp³-hybridized carbons (Fsp3) is 0.857. The molecule has 1 N–H and O–H groups in total. The third-order valence-electron chi connectivity index (χ3n) is 4.73. The van der Waals surface area contributed by atoms with Crippen LogP contribution in [0.5, 0.6) is 0 Å². The standard InChI is InChI=1S/C14H24N2O2S/c1-5-13(3,6-2)15-12(18)10-9-19-14(4)8-7-11(17)16(10)14/h10H,5-9H2,1-4H3,(H,15,18)/t10-,14+/m1/s1. The Balaban J connectivity index is 2.11. The summed E-state index contributed by atoms with van der Waals surface area (Å²) in [4.78, 5) is 26.2. The maximum Gasteiger partial charge on any atom is 0.244 e. The largest absolute Gasteiger partial charge is 0.349 e. The van der Waals surface area contributed by atoms with Gasteiger partial charge in [-0.15, -0.1) is 11.8 Å². The average Bonchev–Trinajstić information content (AvgIpc) is 2.87. The first-order valence-electron chi connectivity index (χ1n) is 7.13. The molecule has 0 aliphatic carbocycles. The summed E-state index contributed by atoms with van der Waals surface area (Å²) in [6.07, 6.45) is 3.24. The van der Waals surface area contributed by atoms with E-state index in [2.05, 4.69) is 33.0 Å². The number of carbonyl (C=O) groups is 2. The summed E-state index contributed by atoms with van der Waals surface area (Å²) >= 11 is 1.74. The highest BCUT2D eigenvalue weighted by molar-refractivity contribution is 8.01. The number of hydrogen-bond acceptors (Lipinski definition) is 3. The fourth-order valence-corrected chi connectivity index (χ4v) is 4.25. The minimum Gasteiger partial charge on any atom is -0.349 e. The minimum absolute atomic E-state index is 0.0117. The highest BCUT2D eigenvalue weighted by Crippen LogP contribution is 2.47. The van der Waals surface area contributed by atoms with Crippen molar-refractivity contribution in [2.24, 2.45) is 0 Å². The lowest BCUT2D eigenvalue weighted by atomic mass is 9.95. The minimum atomic E-state index is -0.289. The molecule has 108 valence electrons. The van der Waals surface area contributed by atoms with E-state index in [0.717, 1.165) is 25.0 Å². The quantitative estimate of drug-likeness (QED) is 0.860. The van der Waals surface area contributed by atoms with E-state index in [4.69, 9.17) is 0 Å². The molecular weight excluding hydrogens is 260 g/mol. The first-order chi connectivity index (χ1) is 8.85. The van der Waals surface area contributed by atoms with Gasteiger partial charge in [-0.2, -0.15) is 0 Å². The molecule has 0 spiro atoms. The molecule has 19 heavy (non-hydrogen) atoms. The Hall–Kier alpha value is -0.710. The molecule has 0 aromatic heterocycles. The smallest absolute Gasteiger partial charge is 0.244 e. The van der Waals surface area contributed by atoms with E-state index in [1.807, 2.05) is 4.90 Å². The molecule has 0 saturated carbocycles. The topological polar surface area (TPSA) is 49.4 Å². The van der Waals surface area contributed by atoms with Gasteiger partial charge in [-0.25, -0.2) is 0 Å². The average molecular weight is 284 g/mol. The van der Waals surface area contributed by atoms with Crippen molar-refractivity contribution in [2.45, 2.75) is 69.8 Å². The van der Waals surface area contributed by atoms with Gasteiger partial charge in [0.05, 0.1) is 4.87 Å². The molecule has 2 atom stereocenters. The van der Waals surface area contributed by atoms with E-state index in [1.54, 1.807) is 11.8 Å². The second-order valence-electron chi connectivity index (χ2n) is 6.02. The van der Waals surface area contributed by atoms with Crippen LogP contribution in [0.25, 0.3) is 0 Å². The molecule has 2 heterocycles. The molecule has 2 amide bonds. The molecule has 4 nitrogen and oxygen atoms in total. The maximum atomic E-state index is 12.5. The molecule has 0 radical (unpaired) electrons. The van der Waals surface area contributed by atoms with E-state index in [0.29, 0.717) is 6.42 Å². The summed E-state index contributed by atoms with van der Waals surface area (Å²) in [5.74, 6) is 0.859. The van der Waals surface area contributed by atoms with Crippen LogP contribution in [0.1, 0.15) is 53.4 Å². The van der Waals surface area contributed by atoms with Gasteiger partial charge < -0.3 is 10.2 Å². The van der Waals surface area contributed by atoms with Gasteiger partial charge in [0.15, 0.2) is 0 Å². The van der Waals surface area contributed by atoms with Crippen LogP contribution in [0.4, 0.5) is 0 Å². The van der Waals surface area contributed by atoms with Crippen molar-refractivity contribution >= 4 is 23.6 Å². The number of thioether (sulfide) groups is 1. The van der Waals surface area contributed by atoms with E-state index in [-0.39, 0.29) is 28.3 Å². The van der Waals surface area contributed by atoms with Crippen molar-refractivity contribution in [3.8, 4) is 0 Å². The number of nitrogens with one attached hydrogen (secondary N) is 1. The number of rotatable bonds is 4. The zero-order valence-corrected chi connectivity index (χ0v) is 13.1. The van der Waals surface area contributed by atoms with Gasteiger partial charge in [0.2, 0.25) is 11.8 Å². The van der Waals surface area contributed by atoms with E-state index >= 15 is 0 Å². The molecular formula is C14H24N2O2S. The van der Waals surface area contributed by atoms with Gasteiger partial charge in [-0.05, 0) is 33.1 Å². The van der Waals surface area contributed by atoms with Crippen molar-refractivity contribution in [2.75, 3.05) is 5.75 Å². The third kappa shape index (κ3) is 2.49. The Labute approximate surface area is 119 Å². The van der Waals surface area contributed by atoms with Crippen LogP contribution in [0.2, 0.25) is 0 Å². The third-order valence-corrected chi connectivity index (χ3v) is 6.24. The van der Waals surface area contributed by atoms with Crippen LogP contribution in [0.3, 0.4) is 0 Å². The number of amides is 2. The lowest BCUT2D eigenvalue weighted by Gasteiger charge is -2.34. The molecule has 0 unspecified atom stereocenters. The predicted molar refractivity (Wildman–Crippen MR) is 77.9 cm³/mol. The van der Waals surface area contributed by atoms with Crippen molar-refractivity contribution in [3.63, 3.8) is 0 Å². The second kappa shape index (κ2) is 5.00. The zero-order valence-electron chi connectivity index (χ0n) is 12.3. The van der Waals surface area contributed by atoms with Crippen LogP contribution in [-0.4, -0.2) is 38.9 Å². The van der Waals surface area contributed by atoms with Crippen LogP contribution in [0.15, 0.2) is 0 Å². The second-order valence-corrected chi connectivity index (χ2v) is 7.52. The molecule has 2 aliphatic heterocycles. The van der Waals surface area contributed by atoms with E-state index < -0.39 is 0 Å². The summed E-state index contributed by atoms with van der Waals surface area (Å²) in [5.41, 5.74) is -0.163. The van der Waals surface area contributed by atoms with Gasteiger partial charge >= 0.3 is 0 Å². The Kier molecular flexibility index (Phi) is 3.87. The number of fused-ring (bicyclic) bond motifs is 1. The Morgan fingerprint density at radius 1 is 1.53 bits per heavy atom. The molecule has 2 fully saturated rings. The van der Waals surface area contributed by atoms with Crippen molar-refractivity contribution < 1.29 is 9.59 Å². The van der Waals surface area contributed by atoms with Crippen molar-refractivity contribution in [1.82, 2.24) is 10.2 Å². The highest BCUT2D eigenvalue weighted by atomic mass is 32.2. The summed E-state index contributed by atoms with van der Waals surface area (Å²) < 4.78 is 0. The Bertz CT molecular complexity index is 395. The monoisotopic (exact) mass is 284 g/mol. The first kappa shape index (κ1) is 14.7. The highest BCUT2D eigenvalue weighted by Gasteiger charge is 2.53. The molecule has 0 aromatic rings. The van der Waals surface area contributed by atoms with Gasteiger partial charge in [0, 0.05) is 17.7 Å². The van der Waals surface area contributed by atoms with Crippen molar-refractivity contribution in [3.05, 3.63) is 0 Å². The maximum absolute atomic E-state index is 12.5. The number of nitrogens with zero attached hydrogens (tertiary/aromatic N) is 1. The van der Waals surface area contributed by atoms with Gasteiger partial charge in [0.1, 0.15) is 6.04 Å². The van der Waals surface area contributed by atoms with Gasteiger partial charge in [-0.3, -0.25) is 9.59 Å². The molecule has 0 aromatic carbocycles. The predicted octanol–water partition coefficient (Wildman–Crippen LogP) is 2.14. The summed E-state index contributed by atoms with van der Waals surface area (Å²) in [7, 11) is 0. The van der Waals surface area contributed by atoms with Gasteiger partial charge in [0.25, 0.3) is 0 Å². The van der Waals surface area contributed by atoms with E-state index in [9.17, 15) is 9.59 Å². The normalized spacial score (nSPS) is 30.6. The van der Waals surface area contributed by atoms with E-state index in [1.165, 1.54) is 0 Å². The molecule has 5 heteroatoms. The SMILES string of the molecule is CCC(C)(CC)NC(=O)[C@H]1CS[C@@]2(C)CCC(=O)N12. The lowest BCUT2D eigenvalue weighted by Crippen LogP contribution is -2.55.